The van der Waals surface area contributed by atoms with Crippen molar-refractivity contribution < 1.29 is 14.7 Å². The van der Waals surface area contributed by atoms with E-state index in [1.807, 2.05) is 47.2 Å². The molecule has 5 nitrogen and oxygen atoms in total. The molecule has 0 saturated carbocycles. The first-order valence-electron chi connectivity index (χ1n) is 7.89. The molecule has 2 atom stereocenters. The summed E-state index contributed by atoms with van der Waals surface area (Å²) in [6.45, 7) is 1.71. The van der Waals surface area contributed by atoms with E-state index in [1.165, 1.54) is 11.3 Å². The first-order chi connectivity index (χ1) is 11.5. The van der Waals surface area contributed by atoms with E-state index in [2.05, 4.69) is 5.32 Å². The van der Waals surface area contributed by atoms with E-state index in [-0.39, 0.29) is 12.5 Å². The minimum Gasteiger partial charge on any atom is -0.391 e. The monoisotopic (exact) mass is 344 g/mol. The molecule has 2 N–H and O–H groups in total. The van der Waals surface area contributed by atoms with Gasteiger partial charge in [0.05, 0.1) is 12.6 Å². The van der Waals surface area contributed by atoms with Crippen LogP contribution in [0.5, 0.6) is 0 Å². The Bertz CT molecular complexity index is 717. The number of benzene rings is 1. The zero-order valence-corrected chi connectivity index (χ0v) is 14.3. The van der Waals surface area contributed by atoms with Gasteiger partial charge in [-0.15, -0.1) is 0 Å². The maximum absolute atomic E-state index is 12.7. The number of aliphatic hydroxyl groups is 1. The molecule has 1 aliphatic heterocycles. The van der Waals surface area contributed by atoms with Crippen LogP contribution in [0, 0.1) is 0 Å². The van der Waals surface area contributed by atoms with Gasteiger partial charge in [-0.05, 0) is 47.7 Å². The fourth-order valence-corrected chi connectivity index (χ4v) is 3.65. The van der Waals surface area contributed by atoms with Gasteiger partial charge in [-0.25, -0.2) is 4.79 Å². The van der Waals surface area contributed by atoms with Crippen LogP contribution in [-0.2, 0) is 16.8 Å². The highest BCUT2D eigenvalue weighted by molar-refractivity contribution is 7.08. The lowest BCUT2D eigenvalue weighted by Gasteiger charge is -2.21. The second-order valence-electron chi connectivity index (χ2n) is 6.16. The van der Waals surface area contributed by atoms with Crippen molar-refractivity contribution >= 4 is 23.3 Å². The summed E-state index contributed by atoms with van der Waals surface area (Å²) < 4.78 is 0. The summed E-state index contributed by atoms with van der Waals surface area (Å²) in [5.41, 5.74) is 0.847. The van der Waals surface area contributed by atoms with E-state index in [0.29, 0.717) is 12.8 Å². The van der Waals surface area contributed by atoms with Crippen LogP contribution in [0.2, 0.25) is 0 Å². The molecule has 1 aliphatic rings. The Balaban J connectivity index is 1.62. The average molecular weight is 344 g/mol. The van der Waals surface area contributed by atoms with Gasteiger partial charge in [0.1, 0.15) is 5.54 Å². The van der Waals surface area contributed by atoms with E-state index < -0.39 is 17.7 Å². The molecule has 24 heavy (non-hydrogen) atoms. The van der Waals surface area contributed by atoms with Gasteiger partial charge >= 0.3 is 6.03 Å². The molecular formula is C18H20N2O3S. The van der Waals surface area contributed by atoms with E-state index in [1.54, 1.807) is 6.92 Å². The van der Waals surface area contributed by atoms with Crippen molar-refractivity contribution in [2.24, 2.45) is 0 Å². The number of urea groups is 1. The molecule has 6 heteroatoms. The van der Waals surface area contributed by atoms with Crippen LogP contribution in [-0.4, -0.2) is 34.6 Å². The molecule has 2 unspecified atom stereocenters. The Kier molecular flexibility index (Phi) is 4.69. The Morgan fingerprint density at radius 1 is 1.25 bits per heavy atom. The quantitative estimate of drug-likeness (QED) is 0.791. The van der Waals surface area contributed by atoms with Gasteiger partial charge in [-0.3, -0.25) is 9.69 Å². The summed E-state index contributed by atoms with van der Waals surface area (Å²) >= 11 is 1.48. The number of hydrogen-bond donors (Lipinski definition) is 2. The van der Waals surface area contributed by atoms with Gasteiger partial charge in [0, 0.05) is 0 Å². The summed E-state index contributed by atoms with van der Waals surface area (Å²) in [7, 11) is 0. The maximum atomic E-state index is 12.7. The number of rotatable bonds is 6. The first-order valence-corrected chi connectivity index (χ1v) is 8.84. The highest BCUT2D eigenvalue weighted by Crippen LogP contribution is 2.30. The number of β-amino-alcohol motifs (C(OH)–C–C–N with tert-alkyl or cyclic N) is 1. The molecule has 1 aromatic carbocycles. The van der Waals surface area contributed by atoms with Crippen LogP contribution in [0.1, 0.15) is 24.5 Å². The predicted molar refractivity (Wildman–Crippen MR) is 92.7 cm³/mol. The number of thiophene rings is 1. The van der Waals surface area contributed by atoms with Crippen molar-refractivity contribution in [2.75, 3.05) is 6.54 Å². The van der Waals surface area contributed by atoms with Crippen LogP contribution >= 0.6 is 11.3 Å². The van der Waals surface area contributed by atoms with Crippen molar-refractivity contribution in [1.29, 1.82) is 0 Å². The van der Waals surface area contributed by atoms with Crippen LogP contribution in [0.3, 0.4) is 0 Å². The number of imide groups is 1. The van der Waals surface area contributed by atoms with Gasteiger partial charge in [-0.1, -0.05) is 30.3 Å². The van der Waals surface area contributed by atoms with Gasteiger partial charge in [0.25, 0.3) is 5.91 Å². The largest absolute Gasteiger partial charge is 0.391 e. The number of aryl methyl sites for hydroxylation is 1. The molecule has 3 amide bonds. The lowest BCUT2D eigenvalue weighted by atomic mass is 9.95. The average Bonchev–Trinajstić information content (AvgIpc) is 3.19. The third-order valence-corrected chi connectivity index (χ3v) is 5.06. The SMILES string of the molecule is CC1(c2ccsc2)NC(=O)N(CC(O)CCc2ccccc2)C1=O. The number of carbonyl (C=O) groups is 2. The third-order valence-electron chi connectivity index (χ3n) is 4.38. The molecule has 0 radical (unpaired) electrons. The second kappa shape index (κ2) is 6.75. The van der Waals surface area contributed by atoms with Crippen LogP contribution in [0.15, 0.2) is 47.2 Å². The fraction of sp³-hybridized carbons (Fsp3) is 0.333. The normalized spacial score (nSPS) is 21.8. The zero-order valence-electron chi connectivity index (χ0n) is 13.4. The van der Waals surface area contributed by atoms with Gasteiger partial charge in [0.15, 0.2) is 0 Å². The van der Waals surface area contributed by atoms with Crippen LogP contribution < -0.4 is 5.32 Å². The van der Waals surface area contributed by atoms with Gasteiger partial charge in [-0.2, -0.15) is 11.3 Å². The van der Waals surface area contributed by atoms with Crippen molar-refractivity contribution in [3.05, 3.63) is 58.3 Å². The Labute approximate surface area is 144 Å². The van der Waals surface area contributed by atoms with Crippen molar-refractivity contribution in [3.8, 4) is 0 Å². The van der Waals surface area contributed by atoms with Crippen molar-refractivity contribution in [3.63, 3.8) is 0 Å². The Morgan fingerprint density at radius 2 is 2.00 bits per heavy atom. The summed E-state index contributed by atoms with van der Waals surface area (Å²) in [6, 6.07) is 11.2. The zero-order chi connectivity index (χ0) is 17.2. The van der Waals surface area contributed by atoms with E-state index in [4.69, 9.17) is 0 Å². The van der Waals surface area contributed by atoms with E-state index in [0.717, 1.165) is 16.0 Å². The number of nitrogens with zero attached hydrogens (tertiary/aromatic N) is 1. The smallest absolute Gasteiger partial charge is 0.325 e. The molecule has 0 bridgehead atoms. The highest BCUT2D eigenvalue weighted by Gasteiger charge is 2.49. The lowest BCUT2D eigenvalue weighted by Crippen LogP contribution is -2.41. The predicted octanol–water partition coefficient (Wildman–Crippen LogP) is 2.51. The summed E-state index contributed by atoms with van der Waals surface area (Å²) in [4.78, 5) is 26.0. The van der Waals surface area contributed by atoms with Crippen molar-refractivity contribution in [1.82, 2.24) is 10.2 Å². The second-order valence-corrected chi connectivity index (χ2v) is 6.94. The van der Waals surface area contributed by atoms with E-state index >= 15 is 0 Å². The summed E-state index contributed by atoms with van der Waals surface area (Å²) in [5.74, 6) is -0.315. The third kappa shape index (κ3) is 3.20. The lowest BCUT2D eigenvalue weighted by molar-refractivity contribution is -0.132. The topological polar surface area (TPSA) is 69.6 Å². The number of nitrogens with one attached hydrogen (secondary N) is 1. The molecule has 0 aliphatic carbocycles. The van der Waals surface area contributed by atoms with Crippen molar-refractivity contribution in [2.45, 2.75) is 31.4 Å². The van der Waals surface area contributed by atoms with Gasteiger partial charge in [0.2, 0.25) is 0 Å². The molecule has 0 spiro atoms. The van der Waals surface area contributed by atoms with Crippen LogP contribution in [0.4, 0.5) is 4.79 Å². The highest BCUT2D eigenvalue weighted by atomic mass is 32.1. The van der Waals surface area contributed by atoms with Gasteiger partial charge < -0.3 is 10.4 Å². The molecule has 1 saturated heterocycles. The number of aliphatic hydroxyl groups excluding tert-OH is 1. The van der Waals surface area contributed by atoms with E-state index in [9.17, 15) is 14.7 Å². The number of hydrogen-bond acceptors (Lipinski definition) is 4. The molecular weight excluding hydrogens is 324 g/mol. The minimum atomic E-state index is -1.05. The summed E-state index contributed by atoms with van der Waals surface area (Å²) in [5, 5.41) is 16.7. The molecule has 3 rings (SSSR count). The minimum absolute atomic E-state index is 0.0111. The van der Waals surface area contributed by atoms with Crippen LogP contribution in [0.25, 0.3) is 0 Å². The first kappa shape index (κ1) is 16.7. The molecule has 1 aromatic heterocycles. The molecule has 2 heterocycles. The molecule has 1 fully saturated rings. The molecule has 2 aromatic rings. The summed E-state index contributed by atoms with van der Waals surface area (Å²) in [6.07, 6.45) is 0.452. The standard InChI is InChI=1S/C18H20N2O3S/c1-18(14-9-10-24-12-14)16(22)20(17(23)19-18)11-15(21)8-7-13-5-3-2-4-6-13/h2-6,9-10,12,15,21H,7-8,11H2,1H3,(H,19,23). The Hall–Kier alpha value is -2.18. The number of carbonyl (C=O) groups excluding carboxylic acids is 2. The number of amides is 3. The molecule has 126 valence electrons. The fourth-order valence-electron chi connectivity index (χ4n) is 2.89. The maximum Gasteiger partial charge on any atom is 0.325 e. The Morgan fingerprint density at radius 3 is 2.67 bits per heavy atom.